The predicted molar refractivity (Wildman–Crippen MR) is 167 cm³/mol. The number of likely N-dealkylation sites (tertiary alicyclic amines) is 1. The molecule has 5 heterocycles. The number of fused-ring (bicyclic) bond motifs is 2. The van der Waals surface area contributed by atoms with Gasteiger partial charge in [-0.1, -0.05) is 23.4 Å². The van der Waals surface area contributed by atoms with Gasteiger partial charge >= 0.3 is 6.09 Å². The van der Waals surface area contributed by atoms with Gasteiger partial charge in [0.2, 0.25) is 11.9 Å². The first-order valence-electron chi connectivity index (χ1n) is 14.5. The number of amides is 2. The molecule has 1 atom stereocenters. The van der Waals surface area contributed by atoms with E-state index in [-0.39, 0.29) is 17.4 Å². The smallest absolute Gasteiger partial charge is 0.407 e. The standard InChI is InChI=1S/C30H37ClN8O3S/c1-19(40)38-14-10-30(24(18-38)34-28(41)42-29(2,3)4)8-12-37(13-9-30)27-33-16-23(26-32-11-15-39(26)27)43-22-7-6-21-20(25(22)31)17-36(5)35-21/h6-7,11,15-17,24H,8-10,12-14,18H2,1-5H3,(H,34,41). The normalized spacial score (nSPS) is 18.9. The number of benzene rings is 1. The Balaban J connectivity index is 1.21. The molecule has 0 bridgehead atoms. The van der Waals surface area contributed by atoms with Crippen molar-refractivity contribution in [1.29, 1.82) is 0 Å². The van der Waals surface area contributed by atoms with Crippen LogP contribution >= 0.6 is 23.4 Å². The lowest BCUT2D eigenvalue weighted by molar-refractivity contribution is -0.132. The van der Waals surface area contributed by atoms with Crippen molar-refractivity contribution in [1.82, 2.24) is 34.4 Å². The topological polar surface area (TPSA) is 110 Å². The lowest BCUT2D eigenvalue weighted by atomic mass is 9.68. The second kappa shape index (κ2) is 11.2. The third-order valence-electron chi connectivity index (χ3n) is 8.50. The zero-order valence-electron chi connectivity index (χ0n) is 25.1. The molecule has 43 heavy (non-hydrogen) atoms. The molecule has 228 valence electrons. The monoisotopic (exact) mass is 624 g/mol. The number of nitrogens with zero attached hydrogens (tertiary/aromatic N) is 7. The SMILES string of the molecule is CC(=O)N1CCC2(CCN(c3ncc(Sc4ccc5nn(C)cc5c4Cl)c4nccn34)CC2)C(NC(=O)OC(C)(C)C)C1. The number of carbonyl (C=O) groups is 2. The highest BCUT2D eigenvalue weighted by Gasteiger charge is 2.47. The number of nitrogens with one attached hydrogen (secondary N) is 1. The number of imidazole rings is 1. The van der Waals surface area contributed by atoms with Crippen LogP contribution in [0.15, 0.2) is 46.7 Å². The number of hydrogen-bond donors (Lipinski definition) is 1. The second-order valence-electron chi connectivity index (χ2n) is 12.5. The van der Waals surface area contributed by atoms with E-state index < -0.39 is 11.7 Å². The Morgan fingerprint density at radius 1 is 1.12 bits per heavy atom. The summed E-state index contributed by atoms with van der Waals surface area (Å²) < 4.78 is 9.38. The van der Waals surface area contributed by atoms with Crippen LogP contribution < -0.4 is 10.2 Å². The Labute approximate surface area is 259 Å². The van der Waals surface area contributed by atoms with E-state index in [9.17, 15) is 9.59 Å². The van der Waals surface area contributed by atoms with E-state index in [0.29, 0.717) is 18.1 Å². The summed E-state index contributed by atoms with van der Waals surface area (Å²) in [6.45, 7) is 9.84. The number of halogens is 1. The Morgan fingerprint density at radius 2 is 1.86 bits per heavy atom. The highest BCUT2D eigenvalue weighted by Crippen LogP contribution is 2.43. The zero-order valence-corrected chi connectivity index (χ0v) is 26.7. The molecule has 2 fully saturated rings. The number of hydrogen-bond acceptors (Lipinski definition) is 8. The second-order valence-corrected chi connectivity index (χ2v) is 14.0. The van der Waals surface area contributed by atoms with Crippen LogP contribution in [-0.2, 0) is 16.6 Å². The van der Waals surface area contributed by atoms with Gasteiger partial charge in [-0.25, -0.2) is 14.8 Å². The average Bonchev–Trinajstić information content (AvgIpc) is 3.58. The van der Waals surface area contributed by atoms with Gasteiger partial charge in [-0.2, -0.15) is 5.10 Å². The molecule has 11 nitrogen and oxygen atoms in total. The van der Waals surface area contributed by atoms with Gasteiger partial charge in [-0.3, -0.25) is 13.9 Å². The van der Waals surface area contributed by atoms with Gasteiger partial charge in [-0.05, 0) is 57.6 Å². The zero-order chi connectivity index (χ0) is 30.5. The highest BCUT2D eigenvalue weighted by atomic mass is 35.5. The summed E-state index contributed by atoms with van der Waals surface area (Å²) in [6, 6.07) is 3.77. The maximum atomic E-state index is 12.8. The van der Waals surface area contributed by atoms with E-state index in [2.05, 4.69) is 20.3 Å². The molecule has 1 unspecified atom stereocenters. The summed E-state index contributed by atoms with van der Waals surface area (Å²) in [6.07, 6.45) is 9.62. The third kappa shape index (κ3) is 5.86. The summed E-state index contributed by atoms with van der Waals surface area (Å²) in [5.74, 6) is 0.855. The van der Waals surface area contributed by atoms with Crippen LogP contribution in [0.1, 0.15) is 47.0 Å². The van der Waals surface area contributed by atoms with Gasteiger partial charge in [0.15, 0.2) is 5.65 Å². The molecule has 1 N–H and O–H groups in total. The minimum atomic E-state index is -0.599. The number of aromatic nitrogens is 5. The summed E-state index contributed by atoms with van der Waals surface area (Å²) in [5, 5.41) is 9.15. The van der Waals surface area contributed by atoms with Crippen molar-refractivity contribution in [2.75, 3.05) is 31.1 Å². The van der Waals surface area contributed by atoms with Crippen molar-refractivity contribution in [2.45, 2.75) is 68.4 Å². The van der Waals surface area contributed by atoms with Gasteiger partial charge < -0.3 is 19.9 Å². The Morgan fingerprint density at radius 3 is 2.58 bits per heavy atom. The number of anilines is 1. The molecule has 2 aliphatic heterocycles. The van der Waals surface area contributed by atoms with E-state index in [0.717, 1.165) is 64.6 Å². The quantitative estimate of drug-likeness (QED) is 0.332. The lowest BCUT2D eigenvalue weighted by Crippen LogP contribution is -2.62. The molecule has 0 aliphatic carbocycles. The molecule has 2 amide bonds. The third-order valence-corrected chi connectivity index (χ3v) is 10.1. The molecule has 13 heteroatoms. The summed E-state index contributed by atoms with van der Waals surface area (Å²) >= 11 is 8.31. The van der Waals surface area contributed by atoms with Crippen molar-refractivity contribution >= 4 is 57.9 Å². The average molecular weight is 625 g/mol. The van der Waals surface area contributed by atoms with Crippen LogP contribution in [0.5, 0.6) is 0 Å². The van der Waals surface area contributed by atoms with Crippen LogP contribution in [0.4, 0.5) is 10.7 Å². The van der Waals surface area contributed by atoms with Gasteiger partial charge in [0.25, 0.3) is 0 Å². The molecule has 0 saturated carbocycles. The molecule has 6 rings (SSSR count). The van der Waals surface area contributed by atoms with Crippen LogP contribution in [0.25, 0.3) is 16.6 Å². The fraction of sp³-hybridized carbons (Fsp3) is 0.500. The highest BCUT2D eigenvalue weighted by molar-refractivity contribution is 7.99. The van der Waals surface area contributed by atoms with Crippen molar-refractivity contribution in [3.8, 4) is 0 Å². The predicted octanol–water partition coefficient (Wildman–Crippen LogP) is 5.15. The first-order chi connectivity index (χ1) is 20.4. The van der Waals surface area contributed by atoms with Crippen LogP contribution in [0, 0.1) is 5.41 Å². The Hall–Kier alpha value is -3.51. The molecule has 2 aliphatic rings. The Kier molecular flexibility index (Phi) is 7.70. The van der Waals surface area contributed by atoms with Crippen molar-refractivity contribution in [3.63, 3.8) is 0 Å². The molecule has 1 aromatic carbocycles. The largest absolute Gasteiger partial charge is 0.444 e. The van der Waals surface area contributed by atoms with E-state index in [4.69, 9.17) is 21.3 Å². The molecule has 1 spiro atoms. The van der Waals surface area contributed by atoms with E-state index in [1.165, 1.54) is 11.8 Å². The number of piperidine rings is 2. The summed E-state index contributed by atoms with van der Waals surface area (Å²) in [4.78, 5) is 40.5. The van der Waals surface area contributed by atoms with E-state index in [1.54, 1.807) is 17.8 Å². The van der Waals surface area contributed by atoms with Gasteiger partial charge in [0.05, 0.1) is 21.5 Å². The van der Waals surface area contributed by atoms with E-state index >= 15 is 0 Å². The minimum absolute atomic E-state index is 0.0228. The molecule has 4 aromatic rings. The number of rotatable bonds is 4. The maximum absolute atomic E-state index is 12.8. The first kappa shape index (κ1) is 29.6. The fourth-order valence-corrected chi connectivity index (χ4v) is 7.51. The van der Waals surface area contributed by atoms with Crippen molar-refractivity contribution < 1.29 is 14.3 Å². The van der Waals surface area contributed by atoms with Gasteiger partial charge in [0, 0.05) is 75.2 Å². The molecule has 3 aromatic heterocycles. The van der Waals surface area contributed by atoms with E-state index in [1.807, 2.05) is 67.8 Å². The Bertz CT molecular complexity index is 1690. The molecular weight excluding hydrogens is 588 g/mol. The number of carbonyl (C=O) groups excluding carboxylic acids is 2. The van der Waals surface area contributed by atoms with Crippen LogP contribution in [0.3, 0.4) is 0 Å². The maximum Gasteiger partial charge on any atom is 0.407 e. The van der Waals surface area contributed by atoms with Gasteiger partial charge in [0.1, 0.15) is 5.60 Å². The number of alkyl carbamates (subject to hydrolysis) is 1. The summed E-state index contributed by atoms with van der Waals surface area (Å²) in [7, 11) is 1.88. The molecular formula is C30H37ClN8O3S. The number of ether oxygens (including phenoxy) is 1. The van der Waals surface area contributed by atoms with Crippen molar-refractivity contribution in [2.24, 2.45) is 12.5 Å². The number of aryl methyl sites for hydroxylation is 1. The first-order valence-corrected chi connectivity index (χ1v) is 15.7. The lowest BCUT2D eigenvalue weighted by Gasteiger charge is -2.51. The molecule has 0 radical (unpaired) electrons. The molecule has 2 saturated heterocycles. The van der Waals surface area contributed by atoms with Crippen LogP contribution in [0.2, 0.25) is 5.02 Å². The fourth-order valence-electron chi connectivity index (χ4n) is 6.27. The summed E-state index contributed by atoms with van der Waals surface area (Å²) in [5.41, 5.74) is 0.940. The van der Waals surface area contributed by atoms with Gasteiger partial charge in [-0.15, -0.1) is 0 Å². The van der Waals surface area contributed by atoms with Crippen LogP contribution in [-0.4, -0.2) is 78.9 Å². The van der Waals surface area contributed by atoms with Crippen molar-refractivity contribution in [3.05, 3.63) is 41.9 Å². The minimum Gasteiger partial charge on any atom is -0.444 e.